The standard InChI is InChI=1S/C15H31NO/c1-12(2)17-10-6-5-9-16-15-11-13(3)7-8-14(15)4/h12-16H,5-11H2,1-4H3. The fourth-order valence-electron chi connectivity index (χ4n) is 2.65. The second kappa shape index (κ2) is 8.10. The van der Waals surface area contributed by atoms with Gasteiger partial charge in [-0.3, -0.25) is 0 Å². The van der Waals surface area contributed by atoms with Crippen molar-refractivity contribution in [3.63, 3.8) is 0 Å². The quantitative estimate of drug-likeness (QED) is 0.688. The lowest BCUT2D eigenvalue weighted by Crippen LogP contribution is -2.39. The molecule has 17 heavy (non-hydrogen) atoms. The van der Waals surface area contributed by atoms with E-state index in [2.05, 4.69) is 33.0 Å². The highest BCUT2D eigenvalue weighted by atomic mass is 16.5. The Labute approximate surface area is 108 Å². The molecule has 1 aliphatic carbocycles. The van der Waals surface area contributed by atoms with Gasteiger partial charge in [0.25, 0.3) is 0 Å². The molecule has 1 aliphatic rings. The van der Waals surface area contributed by atoms with Gasteiger partial charge in [-0.05, 0) is 57.9 Å². The van der Waals surface area contributed by atoms with Gasteiger partial charge in [0, 0.05) is 12.6 Å². The van der Waals surface area contributed by atoms with Crippen molar-refractivity contribution in [2.24, 2.45) is 11.8 Å². The average molecular weight is 241 g/mol. The lowest BCUT2D eigenvalue weighted by atomic mass is 9.80. The van der Waals surface area contributed by atoms with Crippen LogP contribution in [0.3, 0.4) is 0 Å². The van der Waals surface area contributed by atoms with Crippen LogP contribution in [0.25, 0.3) is 0 Å². The molecule has 2 nitrogen and oxygen atoms in total. The molecular weight excluding hydrogens is 210 g/mol. The van der Waals surface area contributed by atoms with Crippen molar-refractivity contribution < 1.29 is 4.74 Å². The highest BCUT2D eigenvalue weighted by Crippen LogP contribution is 2.28. The second-order valence-electron chi connectivity index (χ2n) is 6.08. The molecule has 1 N–H and O–H groups in total. The largest absolute Gasteiger partial charge is 0.379 e. The van der Waals surface area contributed by atoms with E-state index < -0.39 is 0 Å². The molecule has 2 heteroatoms. The van der Waals surface area contributed by atoms with Gasteiger partial charge in [0.05, 0.1) is 6.10 Å². The maximum absolute atomic E-state index is 5.54. The zero-order valence-electron chi connectivity index (χ0n) is 12.2. The molecule has 0 aliphatic heterocycles. The van der Waals surface area contributed by atoms with Crippen LogP contribution in [0.1, 0.15) is 59.8 Å². The van der Waals surface area contributed by atoms with Crippen molar-refractivity contribution in [3.8, 4) is 0 Å². The molecule has 1 saturated carbocycles. The summed E-state index contributed by atoms with van der Waals surface area (Å²) in [5.41, 5.74) is 0. The van der Waals surface area contributed by atoms with Crippen LogP contribution in [0, 0.1) is 11.8 Å². The summed E-state index contributed by atoms with van der Waals surface area (Å²) in [5, 5.41) is 3.73. The van der Waals surface area contributed by atoms with Crippen LogP contribution >= 0.6 is 0 Å². The van der Waals surface area contributed by atoms with Crippen LogP contribution in [0.5, 0.6) is 0 Å². The van der Waals surface area contributed by atoms with Crippen LogP contribution in [0.2, 0.25) is 0 Å². The van der Waals surface area contributed by atoms with Gasteiger partial charge >= 0.3 is 0 Å². The Balaban J connectivity index is 2.01. The fourth-order valence-corrected chi connectivity index (χ4v) is 2.65. The van der Waals surface area contributed by atoms with Crippen molar-refractivity contribution in [1.29, 1.82) is 0 Å². The van der Waals surface area contributed by atoms with E-state index in [1.807, 2.05) is 0 Å². The zero-order valence-corrected chi connectivity index (χ0v) is 12.2. The molecule has 3 unspecified atom stereocenters. The molecule has 0 aromatic heterocycles. The molecule has 0 aromatic rings. The molecule has 0 saturated heterocycles. The Bertz CT molecular complexity index is 193. The summed E-state index contributed by atoms with van der Waals surface area (Å²) in [5.74, 6) is 1.77. The first kappa shape index (κ1) is 15.0. The maximum atomic E-state index is 5.54. The van der Waals surface area contributed by atoms with Gasteiger partial charge in [-0.1, -0.05) is 20.3 Å². The van der Waals surface area contributed by atoms with Crippen LogP contribution < -0.4 is 5.32 Å². The molecule has 0 amide bonds. The summed E-state index contributed by atoms with van der Waals surface area (Å²) < 4.78 is 5.54. The third kappa shape index (κ3) is 6.42. The summed E-state index contributed by atoms with van der Waals surface area (Å²) in [6.45, 7) is 11.0. The molecule has 0 aromatic carbocycles. The molecule has 1 rings (SSSR count). The van der Waals surface area contributed by atoms with E-state index in [4.69, 9.17) is 4.74 Å². The van der Waals surface area contributed by atoms with Crippen LogP contribution in [0.4, 0.5) is 0 Å². The first-order valence-corrected chi connectivity index (χ1v) is 7.44. The monoisotopic (exact) mass is 241 g/mol. The topological polar surface area (TPSA) is 21.3 Å². The lowest BCUT2D eigenvalue weighted by Gasteiger charge is -2.33. The second-order valence-corrected chi connectivity index (χ2v) is 6.08. The summed E-state index contributed by atoms with van der Waals surface area (Å²) in [4.78, 5) is 0. The van der Waals surface area contributed by atoms with Gasteiger partial charge in [0.15, 0.2) is 0 Å². The third-order valence-corrected chi connectivity index (χ3v) is 3.89. The molecular formula is C15H31NO. The number of hydrogen-bond acceptors (Lipinski definition) is 2. The minimum atomic E-state index is 0.377. The van der Waals surface area contributed by atoms with Crippen molar-refractivity contribution in [2.75, 3.05) is 13.2 Å². The van der Waals surface area contributed by atoms with Gasteiger partial charge in [-0.2, -0.15) is 0 Å². The Morgan fingerprint density at radius 3 is 2.65 bits per heavy atom. The van der Waals surface area contributed by atoms with Crippen LogP contribution in [-0.2, 0) is 4.74 Å². The van der Waals surface area contributed by atoms with Gasteiger partial charge < -0.3 is 10.1 Å². The molecule has 0 heterocycles. The Morgan fingerprint density at radius 1 is 1.18 bits per heavy atom. The van der Waals surface area contributed by atoms with E-state index in [0.717, 1.165) is 31.0 Å². The van der Waals surface area contributed by atoms with Crippen molar-refractivity contribution >= 4 is 0 Å². The predicted octanol–water partition coefficient (Wildman–Crippen LogP) is 3.61. The minimum absolute atomic E-state index is 0.377. The first-order chi connectivity index (χ1) is 8.09. The van der Waals surface area contributed by atoms with E-state index in [1.54, 1.807) is 0 Å². The first-order valence-electron chi connectivity index (χ1n) is 7.44. The smallest absolute Gasteiger partial charge is 0.0518 e. The molecule has 3 atom stereocenters. The van der Waals surface area contributed by atoms with Gasteiger partial charge in [0.1, 0.15) is 0 Å². The molecule has 0 radical (unpaired) electrons. The normalized spacial score (nSPS) is 29.8. The summed E-state index contributed by atoms with van der Waals surface area (Å²) >= 11 is 0. The Morgan fingerprint density at radius 2 is 1.94 bits per heavy atom. The fraction of sp³-hybridized carbons (Fsp3) is 1.00. The van der Waals surface area contributed by atoms with E-state index in [9.17, 15) is 0 Å². The summed E-state index contributed by atoms with van der Waals surface area (Å²) in [6, 6.07) is 0.754. The molecule has 102 valence electrons. The summed E-state index contributed by atoms with van der Waals surface area (Å²) in [7, 11) is 0. The highest BCUT2D eigenvalue weighted by molar-refractivity contribution is 4.81. The lowest BCUT2D eigenvalue weighted by molar-refractivity contribution is 0.0757. The number of unbranched alkanes of at least 4 members (excludes halogenated alkanes) is 1. The van der Waals surface area contributed by atoms with Gasteiger partial charge in [-0.25, -0.2) is 0 Å². The van der Waals surface area contributed by atoms with Gasteiger partial charge in [0.2, 0.25) is 0 Å². The number of nitrogens with one attached hydrogen (secondary N) is 1. The Hall–Kier alpha value is -0.0800. The minimum Gasteiger partial charge on any atom is -0.379 e. The maximum Gasteiger partial charge on any atom is 0.0518 e. The van der Waals surface area contributed by atoms with Crippen molar-refractivity contribution in [2.45, 2.75) is 71.9 Å². The van der Waals surface area contributed by atoms with Crippen molar-refractivity contribution in [3.05, 3.63) is 0 Å². The zero-order chi connectivity index (χ0) is 12.7. The third-order valence-electron chi connectivity index (χ3n) is 3.89. The highest BCUT2D eigenvalue weighted by Gasteiger charge is 2.24. The summed E-state index contributed by atoms with van der Waals surface area (Å²) in [6.07, 6.45) is 6.98. The molecule has 0 bridgehead atoms. The van der Waals surface area contributed by atoms with E-state index in [1.165, 1.54) is 32.1 Å². The van der Waals surface area contributed by atoms with Crippen molar-refractivity contribution in [1.82, 2.24) is 5.32 Å². The van der Waals surface area contributed by atoms with E-state index in [0.29, 0.717) is 6.10 Å². The van der Waals surface area contributed by atoms with Crippen LogP contribution in [-0.4, -0.2) is 25.3 Å². The number of hydrogen-bond donors (Lipinski definition) is 1. The predicted molar refractivity (Wildman–Crippen MR) is 74.3 cm³/mol. The van der Waals surface area contributed by atoms with Crippen LogP contribution in [0.15, 0.2) is 0 Å². The molecule has 0 spiro atoms. The SMILES string of the molecule is CC1CCC(C)C(NCCCCOC(C)C)C1. The van der Waals surface area contributed by atoms with E-state index >= 15 is 0 Å². The number of ether oxygens (including phenoxy) is 1. The van der Waals surface area contributed by atoms with Gasteiger partial charge in [-0.15, -0.1) is 0 Å². The number of rotatable bonds is 7. The Kier molecular flexibility index (Phi) is 7.14. The average Bonchev–Trinajstić information content (AvgIpc) is 2.27. The molecule has 1 fully saturated rings. The van der Waals surface area contributed by atoms with E-state index in [-0.39, 0.29) is 0 Å².